The first-order chi connectivity index (χ1) is 10.9. The molecule has 2 rings (SSSR count). The van der Waals surface area contributed by atoms with E-state index in [4.69, 9.17) is 16.7 Å². The van der Waals surface area contributed by atoms with E-state index in [9.17, 15) is 13.2 Å². The topological polar surface area (TPSA) is 77.9 Å². The molecule has 6 nitrogen and oxygen atoms in total. The second-order valence-corrected chi connectivity index (χ2v) is 7.92. The molecule has 0 radical (unpaired) electrons. The number of halogens is 1. The van der Waals surface area contributed by atoms with Gasteiger partial charge in [-0.15, -0.1) is 0 Å². The summed E-state index contributed by atoms with van der Waals surface area (Å²) in [5.74, 6) is -0.774. The third-order valence-corrected chi connectivity index (χ3v) is 6.06. The van der Waals surface area contributed by atoms with Crippen molar-refractivity contribution in [3.05, 3.63) is 29.3 Å². The zero-order valence-electron chi connectivity index (χ0n) is 12.8. The molecule has 1 aliphatic rings. The second kappa shape index (κ2) is 8.10. The Morgan fingerprint density at radius 3 is 2.26 bits per heavy atom. The van der Waals surface area contributed by atoms with Crippen molar-refractivity contribution in [1.29, 1.82) is 0 Å². The van der Waals surface area contributed by atoms with Gasteiger partial charge in [0, 0.05) is 37.6 Å². The molecule has 0 aliphatic carbocycles. The van der Waals surface area contributed by atoms with E-state index in [0.29, 0.717) is 37.6 Å². The molecule has 1 saturated heterocycles. The van der Waals surface area contributed by atoms with Gasteiger partial charge in [-0.1, -0.05) is 11.6 Å². The molecule has 0 aromatic heterocycles. The number of carboxylic acids is 1. The summed E-state index contributed by atoms with van der Waals surface area (Å²) in [4.78, 5) is 12.9. The number of hydrogen-bond acceptors (Lipinski definition) is 4. The summed E-state index contributed by atoms with van der Waals surface area (Å²) in [7, 11) is -3.47. The molecular weight excluding hydrogens is 340 g/mol. The van der Waals surface area contributed by atoms with E-state index < -0.39 is 16.0 Å². The van der Waals surface area contributed by atoms with Crippen molar-refractivity contribution in [3.63, 3.8) is 0 Å². The fourth-order valence-corrected chi connectivity index (χ4v) is 4.11. The summed E-state index contributed by atoms with van der Waals surface area (Å²) in [6.07, 6.45) is 1.65. The summed E-state index contributed by atoms with van der Waals surface area (Å²) >= 11 is 5.79. The van der Waals surface area contributed by atoms with Gasteiger partial charge in [0.2, 0.25) is 10.0 Å². The van der Waals surface area contributed by atoms with E-state index in [-0.39, 0.29) is 11.3 Å². The summed E-state index contributed by atoms with van der Waals surface area (Å²) in [5, 5.41) is 9.11. The Bertz CT molecular complexity index is 625. The molecule has 128 valence electrons. The maximum atomic E-state index is 12.5. The van der Waals surface area contributed by atoms with Crippen molar-refractivity contribution < 1.29 is 18.3 Å². The molecule has 0 saturated carbocycles. The van der Waals surface area contributed by atoms with E-state index in [1.54, 1.807) is 12.1 Å². The number of hydrogen-bond donors (Lipinski definition) is 1. The van der Waals surface area contributed by atoms with Crippen molar-refractivity contribution in [3.8, 4) is 0 Å². The number of nitrogens with zero attached hydrogens (tertiary/aromatic N) is 2. The van der Waals surface area contributed by atoms with Gasteiger partial charge in [-0.3, -0.25) is 4.79 Å². The monoisotopic (exact) mass is 360 g/mol. The van der Waals surface area contributed by atoms with Crippen LogP contribution in [0, 0.1) is 0 Å². The molecular formula is C15H21ClN2O4S. The molecule has 1 fully saturated rings. The number of rotatable bonds is 7. The lowest BCUT2D eigenvalue weighted by molar-refractivity contribution is -0.137. The van der Waals surface area contributed by atoms with Gasteiger partial charge in [-0.05, 0) is 43.7 Å². The zero-order valence-corrected chi connectivity index (χ0v) is 14.4. The maximum absolute atomic E-state index is 12.5. The molecule has 0 amide bonds. The Balaban J connectivity index is 1.83. The first-order valence-corrected chi connectivity index (χ1v) is 9.41. The van der Waals surface area contributed by atoms with Crippen molar-refractivity contribution in [2.45, 2.75) is 24.2 Å². The summed E-state index contributed by atoms with van der Waals surface area (Å²) in [6.45, 7) is 3.04. The van der Waals surface area contributed by atoms with Gasteiger partial charge in [0.25, 0.3) is 0 Å². The van der Waals surface area contributed by atoms with Crippen LogP contribution >= 0.6 is 11.6 Å². The van der Waals surface area contributed by atoms with E-state index in [2.05, 4.69) is 4.90 Å². The molecule has 0 bridgehead atoms. The third kappa shape index (κ3) is 5.17. The van der Waals surface area contributed by atoms with Gasteiger partial charge in [0.1, 0.15) is 0 Å². The highest BCUT2D eigenvalue weighted by molar-refractivity contribution is 7.89. The highest BCUT2D eigenvalue weighted by Gasteiger charge is 2.28. The van der Waals surface area contributed by atoms with Crippen LogP contribution in [0.3, 0.4) is 0 Å². The van der Waals surface area contributed by atoms with E-state index in [1.165, 1.54) is 16.4 Å². The number of carbonyl (C=O) groups is 1. The Kier molecular flexibility index (Phi) is 6.41. The first kappa shape index (κ1) is 18.2. The Labute approximate surface area is 141 Å². The van der Waals surface area contributed by atoms with Gasteiger partial charge in [-0.25, -0.2) is 8.42 Å². The second-order valence-electron chi connectivity index (χ2n) is 5.55. The molecule has 1 aliphatic heterocycles. The van der Waals surface area contributed by atoms with Gasteiger partial charge >= 0.3 is 5.97 Å². The smallest absolute Gasteiger partial charge is 0.303 e. The Hall–Kier alpha value is -1.15. The Morgan fingerprint density at radius 2 is 1.70 bits per heavy atom. The normalized spacial score (nSPS) is 17.3. The lowest BCUT2D eigenvalue weighted by atomic mass is 10.2. The number of carboxylic acid groups (broad SMARTS) is 1. The van der Waals surface area contributed by atoms with Crippen LogP contribution in [0.1, 0.15) is 19.3 Å². The quantitative estimate of drug-likeness (QED) is 0.751. The zero-order chi connectivity index (χ0) is 16.9. The minimum absolute atomic E-state index is 0.185. The average Bonchev–Trinajstić information content (AvgIpc) is 2.52. The highest BCUT2D eigenvalue weighted by atomic mass is 35.5. The van der Waals surface area contributed by atoms with Crippen LogP contribution < -0.4 is 0 Å². The van der Waals surface area contributed by atoms with Crippen LogP contribution in [-0.4, -0.2) is 61.4 Å². The molecule has 1 aromatic rings. The van der Waals surface area contributed by atoms with Crippen molar-refractivity contribution in [2.24, 2.45) is 0 Å². The third-order valence-electron chi connectivity index (χ3n) is 3.90. The number of unbranched alkanes of at least 4 members (excludes halogenated alkanes) is 1. The SMILES string of the molecule is O=C(O)CCCCN1CCN(S(=O)(=O)c2ccc(Cl)cc2)CC1. The van der Waals surface area contributed by atoms with E-state index in [1.807, 2.05) is 0 Å². The molecule has 1 N–H and O–H groups in total. The standard InChI is InChI=1S/C15H21ClN2O4S/c16-13-4-6-14(7-5-13)23(21,22)18-11-9-17(10-12-18)8-2-1-3-15(19)20/h4-7H,1-3,8-12H2,(H,19,20). The van der Waals surface area contributed by atoms with E-state index >= 15 is 0 Å². The fraction of sp³-hybridized carbons (Fsp3) is 0.533. The summed E-state index contributed by atoms with van der Waals surface area (Å²) < 4.78 is 26.6. The molecule has 8 heteroatoms. The lowest BCUT2D eigenvalue weighted by Crippen LogP contribution is -2.48. The number of aliphatic carboxylic acids is 1. The van der Waals surface area contributed by atoms with E-state index in [0.717, 1.165) is 13.0 Å². The number of sulfonamides is 1. The molecule has 1 aromatic carbocycles. The fourth-order valence-electron chi connectivity index (χ4n) is 2.56. The maximum Gasteiger partial charge on any atom is 0.303 e. The van der Waals surface area contributed by atoms with Crippen LogP contribution in [0.15, 0.2) is 29.2 Å². The minimum atomic E-state index is -3.47. The Morgan fingerprint density at radius 1 is 1.09 bits per heavy atom. The van der Waals surface area contributed by atoms with Crippen LogP contribution in [-0.2, 0) is 14.8 Å². The van der Waals surface area contributed by atoms with Gasteiger partial charge in [0.15, 0.2) is 0 Å². The average molecular weight is 361 g/mol. The summed E-state index contributed by atoms with van der Waals surface area (Å²) in [6, 6.07) is 6.20. The van der Waals surface area contributed by atoms with Crippen LogP contribution in [0.5, 0.6) is 0 Å². The van der Waals surface area contributed by atoms with Gasteiger partial charge < -0.3 is 10.0 Å². The van der Waals surface area contributed by atoms with Crippen LogP contribution in [0.25, 0.3) is 0 Å². The van der Waals surface area contributed by atoms with Crippen LogP contribution in [0.4, 0.5) is 0 Å². The number of benzene rings is 1. The van der Waals surface area contributed by atoms with Crippen LogP contribution in [0.2, 0.25) is 5.02 Å². The molecule has 0 atom stereocenters. The largest absolute Gasteiger partial charge is 0.481 e. The highest BCUT2D eigenvalue weighted by Crippen LogP contribution is 2.20. The minimum Gasteiger partial charge on any atom is -0.481 e. The molecule has 0 unspecified atom stereocenters. The molecule has 0 spiro atoms. The molecule has 23 heavy (non-hydrogen) atoms. The van der Waals surface area contributed by atoms with Gasteiger partial charge in [-0.2, -0.15) is 4.31 Å². The van der Waals surface area contributed by atoms with Crippen molar-refractivity contribution >= 4 is 27.6 Å². The predicted molar refractivity (Wildman–Crippen MR) is 88.1 cm³/mol. The first-order valence-electron chi connectivity index (χ1n) is 7.59. The molecule has 1 heterocycles. The van der Waals surface area contributed by atoms with Crippen molar-refractivity contribution in [1.82, 2.24) is 9.21 Å². The number of piperazine rings is 1. The predicted octanol–water partition coefficient (Wildman–Crippen LogP) is 1.90. The van der Waals surface area contributed by atoms with Gasteiger partial charge in [0.05, 0.1) is 4.90 Å². The van der Waals surface area contributed by atoms with Crippen molar-refractivity contribution in [2.75, 3.05) is 32.7 Å². The lowest BCUT2D eigenvalue weighted by Gasteiger charge is -2.34. The summed E-state index contributed by atoms with van der Waals surface area (Å²) in [5.41, 5.74) is 0.